The second kappa shape index (κ2) is 32.0. The van der Waals surface area contributed by atoms with Crippen molar-refractivity contribution in [1.29, 1.82) is 0 Å². The second-order valence-corrected chi connectivity index (χ2v) is 12.2. The van der Waals surface area contributed by atoms with E-state index in [1.54, 1.807) is 0 Å². The lowest BCUT2D eigenvalue weighted by Gasteiger charge is -2.11. The Hall–Kier alpha value is 0. The van der Waals surface area contributed by atoms with Crippen molar-refractivity contribution in [2.75, 3.05) is 0 Å². The van der Waals surface area contributed by atoms with E-state index in [2.05, 4.69) is 20.8 Å². The van der Waals surface area contributed by atoms with E-state index in [-0.39, 0.29) is 0 Å². The van der Waals surface area contributed by atoms with Gasteiger partial charge in [0.25, 0.3) is 0 Å². The Morgan fingerprint density at radius 1 is 0.257 bits per heavy atom. The van der Waals surface area contributed by atoms with Crippen molar-refractivity contribution in [2.24, 2.45) is 5.92 Å². The highest BCUT2D eigenvalue weighted by molar-refractivity contribution is 4.56. The van der Waals surface area contributed by atoms with Crippen LogP contribution in [0.1, 0.15) is 220 Å². The molecule has 0 aromatic heterocycles. The van der Waals surface area contributed by atoms with Crippen LogP contribution >= 0.6 is 0 Å². The summed E-state index contributed by atoms with van der Waals surface area (Å²) < 4.78 is 0. The monoisotopic (exact) mass is 493 g/mol. The molecule has 35 heavy (non-hydrogen) atoms. The summed E-state index contributed by atoms with van der Waals surface area (Å²) in [5.41, 5.74) is 0. The van der Waals surface area contributed by atoms with Gasteiger partial charge in [-0.3, -0.25) is 0 Å². The minimum absolute atomic E-state index is 0.968. The number of hydrogen-bond acceptors (Lipinski definition) is 0. The first-order valence-corrected chi connectivity index (χ1v) is 17.3. The van der Waals surface area contributed by atoms with Crippen molar-refractivity contribution >= 4 is 0 Å². The van der Waals surface area contributed by atoms with Gasteiger partial charge in [-0.05, 0) is 5.92 Å². The molecule has 0 nitrogen and oxygen atoms in total. The third-order valence-electron chi connectivity index (χ3n) is 8.35. The lowest BCUT2D eigenvalue weighted by molar-refractivity contribution is 0.430. The minimum Gasteiger partial charge on any atom is -0.0654 e. The first kappa shape index (κ1) is 35.0. The van der Waals surface area contributed by atoms with Crippen LogP contribution in [0.4, 0.5) is 0 Å². The average molecular weight is 493 g/mol. The highest BCUT2D eigenvalue weighted by Crippen LogP contribution is 2.19. The summed E-state index contributed by atoms with van der Waals surface area (Å²) in [5.74, 6) is 0.968. The molecule has 0 aliphatic rings. The van der Waals surface area contributed by atoms with Gasteiger partial charge in [-0.1, -0.05) is 220 Å². The lowest BCUT2D eigenvalue weighted by atomic mass is 9.95. The molecule has 0 amide bonds. The summed E-state index contributed by atoms with van der Waals surface area (Å²) in [7, 11) is 0. The van der Waals surface area contributed by atoms with E-state index in [9.17, 15) is 0 Å². The fourth-order valence-electron chi connectivity index (χ4n) is 5.70. The summed E-state index contributed by atoms with van der Waals surface area (Å²) in [5, 5.41) is 0. The first-order chi connectivity index (χ1) is 17.3. The maximum atomic E-state index is 2.50. The highest BCUT2D eigenvalue weighted by atomic mass is 14.1. The van der Waals surface area contributed by atoms with E-state index < -0.39 is 0 Å². The molecule has 0 fully saturated rings. The molecule has 1 atom stereocenters. The molecule has 0 bridgehead atoms. The van der Waals surface area contributed by atoms with Gasteiger partial charge in [-0.2, -0.15) is 0 Å². The number of unbranched alkanes of at least 4 members (excludes halogenated alkanes) is 27. The lowest BCUT2D eigenvalue weighted by Crippen LogP contribution is -1.95. The van der Waals surface area contributed by atoms with Gasteiger partial charge in [0.2, 0.25) is 0 Å². The molecule has 0 spiro atoms. The molecule has 0 aromatic rings. The maximum Gasteiger partial charge on any atom is -0.0443 e. The van der Waals surface area contributed by atoms with Crippen molar-refractivity contribution in [1.82, 2.24) is 0 Å². The van der Waals surface area contributed by atoms with E-state index >= 15 is 0 Å². The molecular formula is C35H72. The fourth-order valence-corrected chi connectivity index (χ4v) is 5.70. The smallest absolute Gasteiger partial charge is 0.0443 e. The van der Waals surface area contributed by atoms with E-state index in [0.29, 0.717) is 0 Å². The van der Waals surface area contributed by atoms with Gasteiger partial charge in [0.05, 0.1) is 0 Å². The van der Waals surface area contributed by atoms with Crippen LogP contribution in [0.5, 0.6) is 0 Å². The van der Waals surface area contributed by atoms with Crippen molar-refractivity contribution in [3.63, 3.8) is 0 Å². The minimum atomic E-state index is 0.968. The van der Waals surface area contributed by atoms with E-state index in [4.69, 9.17) is 0 Å². The van der Waals surface area contributed by atoms with Crippen LogP contribution in [0.2, 0.25) is 0 Å². The number of rotatable bonds is 31. The summed E-state index contributed by atoms with van der Waals surface area (Å²) >= 11 is 0. The largest absolute Gasteiger partial charge is 0.0654 e. The molecule has 0 radical (unpaired) electrons. The summed E-state index contributed by atoms with van der Waals surface area (Å²) in [4.78, 5) is 0. The third-order valence-corrected chi connectivity index (χ3v) is 8.35. The highest BCUT2D eigenvalue weighted by Gasteiger charge is 2.02. The predicted molar refractivity (Wildman–Crippen MR) is 164 cm³/mol. The Morgan fingerprint density at radius 2 is 0.429 bits per heavy atom. The molecule has 0 heterocycles. The Balaban J connectivity index is 3.11. The quantitative estimate of drug-likeness (QED) is 0.0844. The van der Waals surface area contributed by atoms with Crippen LogP contribution in [0.3, 0.4) is 0 Å². The second-order valence-electron chi connectivity index (χ2n) is 12.2. The normalized spacial score (nSPS) is 12.4. The van der Waals surface area contributed by atoms with Gasteiger partial charge in [-0.15, -0.1) is 0 Å². The topological polar surface area (TPSA) is 0 Å². The SMILES string of the molecule is CCCCCCCCCCCCCCCCCCCCCCC(C)CCCCCCCCCCC. The van der Waals surface area contributed by atoms with E-state index in [1.165, 1.54) is 199 Å². The van der Waals surface area contributed by atoms with Crippen LogP contribution in [-0.4, -0.2) is 0 Å². The Labute approximate surface area is 225 Å². The van der Waals surface area contributed by atoms with Crippen LogP contribution in [0.15, 0.2) is 0 Å². The van der Waals surface area contributed by atoms with Gasteiger partial charge in [0, 0.05) is 0 Å². The fraction of sp³-hybridized carbons (Fsp3) is 1.00. The average Bonchev–Trinajstić information content (AvgIpc) is 2.86. The van der Waals surface area contributed by atoms with Crippen LogP contribution in [0, 0.1) is 5.92 Å². The van der Waals surface area contributed by atoms with Crippen molar-refractivity contribution in [3.05, 3.63) is 0 Å². The molecule has 0 aliphatic carbocycles. The molecule has 0 aromatic carbocycles. The van der Waals surface area contributed by atoms with Crippen molar-refractivity contribution in [2.45, 2.75) is 220 Å². The predicted octanol–water partition coefficient (Wildman–Crippen LogP) is 13.8. The zero-order valence-corrected chi connectivity index (χ0v) is 25.5. The van der Waals surface area contributed by atoms with Gasteiger partial charge >= 0.3 is 0 Å². The van der Waals surface area contributed by atoms with E-state index in [1.807, 2.05) is 0 Å². The summed E-state index contributed by atoms with van der Waals surface area (Å²) in [6.07, 6.45) is 45.7. The van der Waals surface area contributed by atoms with Crippen LogP contribution < -0.4 is 0 Å². The zero-order chi connectivity index (χ0) is 25.5. The molecule has 1 unspecified atom stereocenters. The van der Waals surface area contributed by atoms with Crippen LogP contribution in [-0.2, 0) is 0 Å². The van der Waals surface area contributed by atoms with Gasteiger partial charge in [0.1, 0.15) is 0 Å². The van der Waals surface area contributed by atoms with Crippen molar-refractivity contribution in [3.8, 4) is 0 Å². The molecule has 0 saturated heterocycles. The Bertz CT molecular complexity index is 346. The summed E-state index contributed by atoms with van der Waals surface area (Å²) in [6, 6.07) is 0. The van der Waals surface area contributed by atoms with Gasteiger partial charge in [-0.25, -0.2) is 0 Å². The zero-order valence-electron chi connectivity index (χ0n) is 25.5. The Kier molecular flexibility index (Phi) is 32.0. The molecule has 0 saturated carbocycles. The molecule has 0 rings (SSSR count). The summed E-state index contributed by atoms with van der Waals surface area (Å²) in [6.45, 7) is 7.12. The van der Waals surface area contributed by atoms with Crippen LogP contribution in [0.25, 0.3) is 0 Å². The molecule has 0 N–H and O–H groups in total. The standard InChI is InChI=1S/C35H72/c1-4-6-8-10-12-14-15-16-17-18-19-20-21-22-23-24-26-28-30-32-34-35(3)33-31-29-27-25-13-11-9-7-5-2/h35H,4-34H2,1-3H3. The molecule has 0 aliphatic heterocycles. The van der Waals surface area contributed by atoms with Gasteiger partial charge in [0.15, 0.2) is 0 Å². The van der Waals surface area contributed by atoms with E-state index in [0.717, 1.165) is 5.92 Å². The third kappa shape index (κ3) is 32.0. The number of hydrogen-bond donors (Lipinski definition) is 0. The first-order valence-electron chi connectivity index (χ1n) is 17.3. The molecule has 212 valence electrons. The van der Waals surface area contributed by atoms with Crippen molar-refractivity contribution < 1.29 is 0 Å². The maximum absolute atomic E-state index is 2.50. The molecule has 0 heteroatoms. The molecular weight excluding hydrogens is 420 g/mol. The van der Waals surface area contributed by atoms with Gasteiger partial charge < -0.3 is 0 Å². The Morgan fingerprint density at radius 3 is 0.629 bits per heavy atom.